The molecule has 1 unspecified atom stereocenters. The van der Waals surface area contributed by atoms with E-state index in [1.54, 1.807) is 0 Å². The first-order valence-electron chi connectivity index (χ1n) is 4.10. The molecule has 1 N–H and O–H groups in total. The standard InChI is InChI=1S/C9H12N2.2ClH/c1-2-9(11-5-1)8-3-6-10-7-4-8;;/h3-4,6-7,9,11H,1-2,5H2;2*1H. The minimum Gasteiger partial charge on any atom is -0.310 e. The molecule has 0 bridgehead atoms. The Morgan fingerprint density at radius 3 is 2.46 bits per heavy atom. The highest BCUT2D eigenvalue weighted by Gasteiger charge is 2.14. The first-order valence-corrected chi connectivity index (χ1v) is 4.10. The number of aromatic nitrogens is 1. The molecule has 2 rings (SSSR count). The summed E-state index contributed by atoms with van der Waals surface area (Å²) < 4.78 is 0. The zero-order valence-corrected chi connectivity index (χ0v) is 8.90. The van der Waals surface area contributed by atoms with Crippen LogP contribution in [0.3, 0.4) is 0 Å². The largest absolute Gasteiger partial charge is 0.310 e. The van der Waals surface area contributed by atoms with Crippen molar-refractivity contribution >= 4 is 24.8 Å². The van der Waals surface area contributed by atoms with E-state index in [-0.39, 0.29) is 24.8 Å². The van der Waals surface area contributed by atoms with E-state index in [9.17, 15) is 0 Å². The van der Waals surface area contributed by atoms with Gasteiger partial charge in [0.15, 0.2) is 0 Å². The molecule has 2 heterocycles. The summed E-state index contributed by atoms with van der Waals surface area (Å²) >= 11 is 0. The molecule has 74 valence electrons. The van der Waals surface area contributed by atoms with Crippen molar-refractivity contribution in [2.45, 2.75) is 18.9 Å². The van der Waals surface area contributed by atoms with Crippen molar-refractivity contribution in [3.63, 3.8) is 0 Å². The molecule has 1 aliphatic heterocycles. The lowest BCUT2D eigenvalue weighted by Crippen LogP contribution is -2.12. The fourth-order valence-corrected chi connectivity index (χ4v) is 1.56. The van der Waals surface area contributed by atoms with Gasteiger partial charge in [0.2, 0.25) is 0 Å². The van der Waals surface area contributed by atoms with Crippen LogP contribution in [0.5, 0.6) is 0 Å². The second-order valence-electron chi connectivity index (χ2n) is 2.93. The second kappa shape index (κ2) is 6.19. The summed E-state index contributed by atoms with van der Waals surface area (Å²) in [5.74, 6) is 0. The Bertz CT molecular complexity index is 222. The van der Waals surface area contributed by atoms with E-state index < -0.39 is 0 Å². The summed E-state index contributed by atoms with van der Waals surface area (Å²) in [5.41, 5.74) is 1.37. The molecular formula is C9H14Cl2N2. The Labute approximate surface area is 91.0 Å². The first-order chi connectivity index (χ1) is 5.47. The van der Waals surface area contributed by atoms with Crippen LogP contribution in [-0.2, 0) is 0 Å². The third kappa shape index (κ3) is 3.14. The lowest BCUT2D eigenvalue weighted by Gasteiger charge is -2.08. The summed E-state index contributed by atoms with van der Waals surface area (Å²) in [6.45, 7) is 1.16. The third-order valence-corrected chi connectivity index (χ3v) is 2.17. The summed E-state index contributed by atoms with van der Waals surface area (Å²) in [5, 5.41) is 3.45. The predicted molar refractivity (Wildman–Crippen MR) is 58.7 cm³/mol. The average molecular weight is 221 g/mol. The van der Waals surface area contributed by atoms with Gasteiger partial charge in [-0.05, 0) is 37.1 Å². The van der Waals surface area contributed by atoms with Gasteiger partial charge in [-0.25, -0.2) is 0 Å². The zero-order valence-electron chi connectivity index (χ0n) is 7.27. The van der Waals surface area contributed by atoms with Crippen LogP contribution in [0.4, 0.5) is 0 Å². The van der Waals surface area contributed by atoms with Gasteiger partial charge in [0.25, 0.3) is 0 Å². The van der Waals surface area contributed by atoms with Gasteiger partial charge in [-0.3, -0.25) is 4.98 Å². The number of rotatable bonds is 1. The summed E-state index contributed by atoms with van der Waals surface area (Å²) in [6.07, 6.45) is 6.28. The topological polar surface area (TPSA) is 24.9 Å². The molecule has 1 aromatic heterocycles. The zero-order chi connectivity index (χ0) is 7.52. The van der Waals surface area contributed by atoms with Crippen LogP contribution in [0.25, 0.3) is 0 Å². The molecule has 0 aliphatic carbocycles. The molecule has 1 fully saturated rings. The van der Waals surface area contributed by atoms with Crippen molar-refractivity contribution in [1.82, 2.24) is 10.3 Å². The van der Waals surface area contributed by atoms with Crippen LogP contribution in [0, 0.1) is 0 Å². The van der Waals surface area contributed by atoms with E-state index in [1.807, 2.05) is 12.4 Å². The van der Waals surface area contributed by atoms with Gasteiger partial charge in [0.05, 0.1) is 0 Å². The first kappa shape index (κ1) is 12.7. The smallest absolute Gasteiger partial charge is 0.0321 e. The SMILES string of the molecule is Cl.Cl.c1cc(C2CCCN2)ccn1. The van der Waals surface area contributed by atoms with Crippen LogP contribution >= 0.6 is 24.8 Å². The van der Waals surface area contributed by atoms with Gasteiger partial charge in [0, 0.05) is 18.4 Å². The van der Waals surface area contributed by atoms with E-state index in [2.05, 4.69) is 22.4 Å². The minimum absolute atomic E-state index is 0. The summed E-state index contributed by atoms with van der Waals surface area (Å²) in [4.78, 5) is 3.99. The molecule has 4 heteroatoms. The van der Waals surface area contributed by atoms with Gasteiger partial charge in [0.1, 0.15) is 0 Å². The molecule has 13 heavy (non-hydrogen) atoms. The number of halogens is 2. The number of nitrogens with zero attached hydrogens (tertiary/aromatic N) is 1. The van der Waals surface area contributed by atoms with Crippen LogP contribution in [0.2, 0.25) is 0 Å². The van der Waals surface area contributed by atoms with Crippen molar-refractivity contribution in [1.29, 1.82) is 0 Å². The fourth-order valence-electron chi connectivity index (χ4n) is 1.56. The molecule has 0 spiro atoms. The van der Waals surface area contributed by atoms with Crippen molar-refractivity contribution in [3.05, 3.63) is 30.1 Å². The summed E-state index contributed by atoms with van der Waals surface area (Å²) in [6, 6.07) is 4.75. The van der Waals surface area contributed by atoms with Crippen molar-refractivity contribution in [3.8, 4) is 0 Å². The third-order valence-electron chi connectivity index (χ3n) is 2.17. The highest BCUT2D eigenvalue weighted by atomic mass is 35.5. The fraction of sp³-hybridized carbons (Fsp3) is 0.444. The minimum atomic E-state index is 0. The molecule has 1 aliphatic rings. The van der Waals surface area contributed by atoms with Gasteiger partial charge >= 0.3 is 0 Å². The van der Waals surface area contributed by atoms with Crippen LogP contribution < -0.4 is 5.32 Å². The maximum Gasteiger partial charge on any atom is 0.0321 e. The molecule has 1 atom stereocenters. The van der Waals surface area contributed by atoms with Crippen molar-refractivity contribution in [2.75, 3.05) is 6.54 Å². The van der Waals surface area contributed by atoms with E-state index in [4.69, 9.17) is 0 Å². The van der Waals surface area contributed by atoms with E-state index in [0.717, 1.165) is 6.54 Å². The van der Waals surface area contributed by atoms with E-state index in [1.165, 1.54) is 18.4 Å². The molecule has 0 aromatic carbocycles. The predicted octanol–water partition coefficient (Wildman–Crippen LogP) is 2.35. The maximum absolute atomic E-state index is 3.99. The highest BCUT2D eigenvalue weighted by Crippen LogP contribution is 2.21. The molecule has 0 amide bonds. The van der Waals surface area contributed by atoms with Crippen LogP contribution in [-0.4, -0.2) is 11.5 Å². The van der Waals surface area contributed by atoms with Crippen molar-refractivity contribution in [2.24, 2.45) is 0 Å². The van der Waals surface area contributed by atoms with Gasteiger partial charge in [-0.1, -0.05) is 0 Å². The van der Waals surface area contributed by atoms with Crippen LogP contribution in [0.1, 0.15) is 24.4 Å². The molecular weight excluding hydrogens is 207 g/mol. The molecule has 0 saturated carbocycles. The molecule has 2 nitrogen and oxygen atoms in total. The van der Waals surface area contributed by atoms with E-state index >= 15 is 0 Å². The summed E-state index contributed by atoms with van der Waals surface area (Å²) in [7, 11) is 0. The van der Waals surface area contributed by atoms with Gasteiger partial charge in [-0.2, -0.15) is 0 Å². The normalized spacial score (nSPS) is 20.2. The Balaban J connectivity index is 0.000000720. The Hall–Kier alpha value is -0.310. The number of hydrogen-bond donors (Lipinski definition) is 1. The highest BCUT2D eigenvalue weighted by molar-refractivity contribution is 5.85. The Kier molecular flexibility index (Phi) is 6.04. The number of nitrogens with one attached hydrogen (secondary N) is 1. The van der Waals surface area contributed by atoms with Crippen LogP contribution in [0.15, 0.2) is 24.5 Å². The van der Waals surface area contributed by atoms with Crippen molar-refractivity contribution < 1.29 is 0 Å². The van der Waals surface area contributed by atoms with E-state index in [0.29, 0.717) is 6.04 Å². The number of hydrogen-bond acceptors (Lipinski definition) is 2. The second-order valence-corrected chi connectivity index (χ2v) is 2.93. The average Bonchev–Trinajstić information content (AvgIpc) is 2.58. The Morgan fingerprint density at radius 1 is 1.23 bits per heavy atom. The van der Waals surface area contributed by atoms with Gasteiger partial charge in [-0.15, -0.1) is 24.8 Å². The molecule has 1 saturated heterocycles. The molecule has 0 radical (unpaired) electrons. The maximum atomic E-state index is 3.99. The lowest BCUT2D eigenvalue weighted by atomic mass is 10.1. The van der Waals surface area contributed by atoms with Gasteiger partial charge < -0.3 is 5.32 Å². The monoisotopic (exact) mass is 220 g/mol. The lowest BCUT2D eigenvalue weighted by molar-refractivity contribution is 0.647. The Morgan fingerprint density at radius 2 is 1.92 bits per heavy atom. The quantitative estimate of drug-likeness (QED) is 0.787. The number of pyridine rings is 1. The molecule has 1 aromatic rings.